The van der Waals surface area contributed by atoms with Crippen molar-refractivity contribution in [3.05, 3.63) is 52.3 Å². The molecule has 0 amide bonds. The van der Waals surface area contributed by atoms with Crippen LogP contribution in [0, 0.1) is 0 Å². The first-order valence-electron chi connectivity index (χ1n) is 5.80. The Labute approximate surface area is 120 Å². The molecule has 1 aliphatic rings. The molecular weight excluding hydrogens is 280 g/mol. The average Bonchev–Trinajstić information content (AvgIpc) is 2.79. The zero-order valence-corrected chi connectivity index (χ0v) is 11.8. The maximum Gasteiger partial charge on any atom is 0.191 e. The number of fused-ring (bicyclic) bond motifs is 1. The summed E-state index contributed by atoms with van der Waals surface area (Å²) in [7, 11) is 1.86. The number of aryl methyl sites for hydroxylation is 1. The van der Waals surface area contributed by atoms with E-state index >= 15 is 0 Å². The van der Waals surface area contributed by atoms with Crippen molar-refractivity contribution in [2.45, 2.75) is 4.90 Å². The quantitative estimate of drug-likeness (QED) is 0.755. The van der Waals surface area contributed by atoms with E-state index in [2.05, 4.69) is 5.10 Å². The van der Waals surface area contributed by atoms with E-state index in [-0.39, 0.29) is 5.78 Å². The van der Waals surface area contributed by atoms with Crippen LogP contribution in [0.4, 0.5) is 0 Å². The molecule has 1 aromatic heterocycles. The number of hydrogen-bond acceptors (Lipinski definition) is 3. The fraction of sp³-hybridized carbons (Fsp3) is 0.143. The highest BCUT2D eigenvalue weighted by Gasteiger charge is 2.22. The van der Waals surface area contributed by atoms with Crippen LogP contribution in [0.15, 0.2) is 41.1 Å². The summed E-state index contributed by atoms with van der Waals surface area (Å²) in [5, 5.41) is 4.69. The van der Waals surface area contributed by atoms with Gasteiger partial charge in [0.15, 0.2) is 5.78 Å². The normalized spacial score (nSPS) is 16.7. The van der Waals surface area contributed by atoms with Crippen LogP contribution in [-0.2, 0) is 7.05 Å². The SMILES string of the molecule is Cn1cc(C=C2CSc3ccc(Cl)cc3C2=O)cn1. The van der Waals surface area contributed by atoms with Crippen molar-refractivity contribution in [3.8, 4) is 0 Å². The second-order valence-corrected chi connectivity index (χ2v) is 5.83. The van der Waals surface area contributed by atoms with E-state index in [0.717, 1.165) is 16.0 Å². The highest BCUT2D eigenvalue weighted by Crippen LogP contribution is 2.34. The standard InChI is InChI=1S/C14H11ClN2OS/c1-17-7-9(6-16-17)4-10-8-19-13-3-2-11(15)5-12(13)14(10)18/h2-7H,8H2,1H3. The third kappa shape index (κ3) is 2.46. The van der Waals surface area contributed by atoms with Gasteiger partial charge < -0.3 is 0 Å². The number of ketones is 1. The monoisotopic (exact) mass is 290 g/mol. The number of aromatic nitrogens is 2. The van der Waals surface area contributed by atoms with Crippen LogP contribution in [0.5, 0.6) is 0 Å². The van der Waals surface area contributed by atoms with E-state index in [1.165, 1.54) is 0 Å². The molecule has 0 radical (unpaired) electrons. The van der Waals surface area contributed by atoms with Crippen LogP contribution in [-0.4, -0.2) is 21.3 Å². The molecule has 0 fully saturated rings. The molecular formula is C14H11ClN2OS. The summed E-state index contributed by atoms with van der Waals surface area (Å²) in [6.07, 6.45) is 5.53. The van der Waals surface area contributed by atoms with Gasteiger partial charge in [-0.25, -0.2) is 0 Å². The smallest absolute Gasteiger partial charge is 0.191 e. The number of carbonyl (C=O) groups excluding carboxylic acids is 1. The van der Waals surface area contributed by atoms with Crippen LogP contribution in [0.2, 0.25) is 5.02 Å². The predicted octanol–water partition coefficient (Wildman–Crippen LogP) is 3.45. The van der Waals surface area contributed by atoms with Crippen molar-refractivity contribution in [2.24, 2.45) is 7.05 Å². The lowest BCUT2D eigenvalue weighted by molar-refractivity contribution is 0.103. The zero-order valence-electron chi connectivity index (χ0n) is 10.3. The minimum Gasteiger partial charge on any atom is -0.289 e. The topological polar surface area (TPSA) is 34.9 Å². The summed E-state index contributed by atoms with van der Waals surface area (Å²) < 4.78 is 1.72. The van der Waals surface area contributed by atoms with Crippen molar-refractivity contribution in [2.75, 3.05) is 5.75 Å². The third-order valence-corrected chi connectivity index (χ3v) is 4.28. The molecule has 3 nitrogen and oxygen atoms in total. The van der Waals surface area contributed by atoms with E-state index in [1.54, 1.807) is 28.7 Å². The highest BCUT2D eigenvalue weighted by atomic mass is 35.5. The Hall–Kier alpha value is -1.52. The Kier molecular flexibility index (Phi) is 3.21. The Morgan fingerprint density at radius 3 is 3.05 bits per heavy atom. The van der Waals surface area contributed by atoms with Gasteiger partial charge in [0.1, 0.15) is 0 Å². The fourth-order valence-corrected chi connectivity index (χ4v) is 3.19. The second-order valence-electron chi connectivity index (χ2n) is 4.38. The van der Waals surface area contributed by atoms with Gasteiger partial charge in [0.2, 0.25) is 0 Å². The number of nitrogens with zero attached hydrogens (tertiary/aromatic N) is 2. The number of hydrogen-bond donors (Lipinski definition) is 0. The van der Waals surface area contributed by atoms with Crippen molar-refractivity contribution < 1.29 is 4.79 Å². The third-order valence-electron chi connectivity index (χ3n) is 2.93. The molecule has 0 spiro atoms. The van der Waals surface area contributed by atoms with Crippen LogP contribution in [0.3, 0.4) is 0 Å². The largest absolute Gasteiger partial charge is 0.289 e. The molecule has 0 N–H and O–H groups in total. The average molecular weight is 291 g/mol. The van der Waals surface area contributed by atoms with Gasteiger partial charge in [-0.15, -0.1) is 11.8 Å². The van der Waals surface area contributed by atoms with Crippen molar-refractivity contribution in [1.82, 2.24) is 9.78 Å². The van der Waals surface area contributed by atoms with Crippen LogP contribution in [0.1, 0.15) is 15.9 Å². The molecule has 0 saturated carbocycles. The minimum absolute atomic E-state index is 0.0557. The molecule has 0 atom stereocenters. The Morgan fingerprint density at radius 1 is 1.47 bits per heavy atom. The van der Waals surface area contributed by atoms with E-state index in [1.807, 2.05) is 31.5 Å². The van der Waals surface area contributed by atoms with Crippen molar-refractivity contribution >= 4 is 35.2 Å². The Bertz CT molecular complexity index is 691. The fourth-order valence-electron chi connectivity index (χ4n) is 2.02. The molecule has 2 aromatic rings. The lowest BCUT2D eigenvalue weighted by Gasteiger charge is -2.16. The first-order valence-corrected chi connectivity index (χ1v) is 7.16. The lowest BCUT2D eigenvalue weighted by Crippen LogP contribution is -2.12. The molecule has 3 rings (SSSR count). The number of benzene rings is 1. The maximum absolute atomic E-state index is 12.4. The van der Waals surface area contributed by atoms with Gasteiger partial charge in [0.25, 0.3) is 0 Å². The highest BCUT2D eigenvalue weighted by molar-refractivity contribution is 7.99. The molecule has 2 heterocycles. The van der Waals surface area contributed by atoms with Crippen molar-refractivity contribution in [1.29, 1.82) is 0 Å². The molecule has 0 aliphatic carbocycles. The molecule has 1 aromatic carbocycles. The predicted molar refractivity (Wildman–Crippen MR) is 77.7 cm³/mol. The molecule has 0 bridgehead atoms. The van der Waals surface area contributed by atoms with Gasteiger partial charge in [-0.3, -0.25) is 9.48 Å². The molecule has 1 aliphatic heterocycles. The Balaban J connectivity index is 1.99. The van der Waals surface area contributed by atoms with Gasteiger partial charge in [0.05, 0.1) is 6.20 Å². The van der Waals surface area contributed by atoms with Crippen molar-refractivity contribution in [3.63, 3.8) is 0 Å². The molecule has 5 heteroatoms. The number of Topliss-reactive ketones (excluding diaryl/α,β-unsaturated/α-hetero) is 1. The van der Waals surface area contributed by atoms with E-state index < -0.39 is 0 Å². The van der Waals surface area contributed by atoms with Gasteiger partial charge in [-0.1, -0.05) is 11.6 Å². The molecule has 0 unspecified atom stereocenters. The molecule has 96 valence electrons. The summed E-state index contributed by atoms with van der Waals surface area (Å²) in [4.78, 5) is 13.4. The Morgan fingerprint density at radius 2 is 2.32 bits per heavy atom. The van der Waals surface area contributed by atoms with Gasteiger partial charge >= 0.3 is 0 Å². The summed E-state index contributed by atoms with van der Waals surface area (Å²) >= 11 is 7.62. The first kappa shape index (κ1) is 12.5. The summed E-state index contributed by atoms with van der Waals surface area (Å²) in [6.45, 7) is 0. The van der Waals surface area contributed by atoms with E-state index in [9.17, 15) is 4.79 Å². The minimum atomic E-state index is 0.0557. The molecule has 0 saturated heterocycles. The van der Waals surface area contributed by atoms with Crippen LogP contribution in [0.25, 0.3) is 6.08 Å². The van der Waals surface area contributed by atoms with E-state index in [0.29, 0.717) is 16.3 Å². The van der Waals surface area contributed by atoms with Gasteiger partial charge in [0, 0.05) is 45.6 Å². The summed E-state index contributed by atoms with van der Waals surface area (Å²) in [5.41, 5.74) is 2.42. The second kappa shape index (κ2) is 4.87. The van der Waals surface area contributed by atoms with Gasteiger partial charge in [-0.2, -0.15) is 5.10 Å². The first-order chi connectivity index (χ1) is 9.13. The maximum atomic E-state index is 12.4. The van der Waals surface area contributed by atoms with Crippen LogP contribution < -0.4 is 0 Å². The number of halogens is 1. The summed E-state index contributed by atoms with van der Waals surface area (Å²) in [5.74, 6) is 0.739. The number of carbonyl (C=O) groups is 1. The van der Waals surface area contributed by atoms with Gasteiger partial charge in [-0.05, 0) is 24.3 Å². The summed E-state index contributed by atoms with van der Waals surface area (Å²) in [6, 6.07) is 5.46. The lowest BCUT2D eigenvalue weighted by atomic mass is 10.0. The number of thioether (sulfide) groups is 1. The van der Waals surface area contributed by atoms with E-state index in [4.69, 9.17) is 11.6 Å². The van der Waals surface area contributed by atoms with Crippen LogP contribution >= 0.6 is 23.4 Å². The molecule has 19 heavy (non-hydrogen) atoms. The number of rotatable bonds is 1. The zero-order chi connectivity index (χ0) is 13.4.